The number of anilines is 1. The first-order valence-corrected chi connectivity index (χ1v) is 6.36. The van der Waals surface area contributed by atoms with E-state index in [9.17, 15) is 4.79 Å². The highest BCUT2D eigenvalue weighted by Gasteiger charge is 2.20. The Bertz CT molecular complexity index is 589. The van der Waals surface area contributed by atoms with Crippen LogP contribution in [0.3, 0.4) is 0 Å². The number of carbonyl (C=O) groups excluding carboxylic acids is 1. The normalized spacial score (nSPS) is 10.5. The highest BCUT2D eigenvalue weighted by atomic mass is 35.5. The SMILES string of the molecule is Cc1sc(N)c(C(=O)c2ccccc2Cl)c1C. The molecule has 0 saturated carbocycles. The summed E-state index contributed by atoms with van der Waals surface area (Å²) >= 11 is 7.46. The van der Waals surface area contributed by atoms with E-state index in [2.05, 4.69) is 0 Å². The minimum absolute atomic E-state index is 0.102. The summed E-state index contributed by atoms with van der Waals surface area (Å²) in [4.78, 5) is 13.4. The largest absolute Gasteiger partial charge is 0.390 e. The molecule has 4 heteroatoms. The van der Waals surface area contributed by atoms with Crippen LogP contribution in [0.1, 0.15) is 26.4 Å². The first kappa shape index (κ1) is 12.1. The maximum atomic E-state index is 12.4. The summed E-state index contributed by atoms with van der Waals surface area (Å²) in [6.45, 7) is 3.87. The van der Waals surface area contributed by atoms with Crippen LogP contribution in [-0.4, -0.2) is 5.78 Å². The highest BCUT2D eigenvalue weighted by Crippen LogP contribution is 2.32. The maximum Gasteiger partial charge on any atom is 0.197 e. The summed E-state index contributed by atoms with van der Waals surface area (Å²) in [6.07, 6.45) is 0. The van der Waals surface area contributed by atoms with Gasteiger partial charge >= 0.3 is 0 Å². The molecule has 1 heterocycles. The average molecular weight is 266 g/mol. The number of hydrogen-bond donors (Lipinski definition) is 1. The lowest BCUT2D eigenvalue weighted by atomic mass is 10.0. The van der Waals surface area contributed by atoms with Crippen LogP contribution < -0.4 is 5.73 Å². The summed E-state index contributed by atoms with van der Waals surface area (Å²) in [5.74, 6) is -0.102. The van der Waals surface area contributed by atoms with Crippen molar-refractivity contribution in [2.75, 3.05) is 5.73 Å². The van der Waals surface area contributed by atoms with E-state index in [0.29, 0.717) is 21.2 Å². The Morgan fingerprint density at radius 3 is 2.47 bits per heavy atom. The Balaban J connectivity index is 2.55. The summed E-state index contributed by atoms with van der Waals surface area (Å²) < 4.78 is 0. The zero-order valence-corrected chi connectivity index (χ0v) is 11.2. The maximum absolute atomic E-state index is 12.4. The number of aryl methyl sites for hydroxylation is 1. The molecule has 1 aromatic carbocycles. The van der Waals surface area contributed by atoms with Crippen LogP contribution in [0.2, 0.25) is 5.02 Å². The van der Waals surface area contributed by atoms with Crippen LogP contribution in [0.4, 0.5) is 5.00 Å². The molecule has 2 N–H and O–H groups in total. The molecule has 17 heavy (non-hydrogen) atoms. The number of nitrogen functional groups attached to an aromatic ring is 1. The second-order valence-corrected chi connectivity index (χ2v) is 5.49. The monoisotopic (exact) mass is 265 g/mol. The number of nitrogens with two attached hydrogens (primary N) is 1. The molecule has 2 nitrogen and oxygen atoms in total. The van der Waals surface area contributed by atoms with Gasteiger partial charge in [0.1, 0.15) is 0 Å². The number of hydrogen-bond acceptors (Lipinski definition) is 3. The van der Waals surface area contributed by atoms with Crippen LogP contribution in [0, 0.1) is 13.8 Å². The zero-order valence-electron chi connectivity index (χ0n) is 9.58. The van der Waals surface area contributed by atoms with Gasteiger partial charge in [-0.25, -0.2) is 0 Å². The predicted molar refractivity (Wildman–Crippen MR) is 73.1 cm³/mol. The fourth-order valence-electron chi connectivity index (χ4n) is 1.72. The molecule has 2 aromatic rings. The summed E-state index contributed by atoms with van der Waals surface area (Å²) in [7, 11) is 0. The second-order valence-electron chi connectivity index (χ2n) is 3.83. The molecule has 0 atom stereocenters. The van der Waals surface area contributed by atoms with Gasteiger partial charge in [0.25, 0.3) is 0 Å². The Morgan fingerprint density at radius 2 is 1.94 bits per heavy atom. The van der Waals surface area contributed by atoms with E-state index < -0.39 is 0 Å². The van der Waals surface area contributed by atoms with Crippen molar-refractivity contribution in [2.24, 2.45) is 0 Å². The predicted octanol–water partition coefficient (Wildman–Crippen LogP) is 3.83. The van der Waals surface area contributed by atoms with Gasteiger partial charge in [0, 0.05) is 10.4 Å². The lowest BCUT2D eigenvalue weighted by Gasteiger charge is -2.04. The van der Waals surface area contributed by atoms with Crippen LogP contribution in [0.5, 0.6) is 0 Å². The molecule has 1 aromatic heterocycles. The quantitative estimate of drug-likeness (QED) is 0.839. The van der Waals surface area contributed by atoms with Gasteiger partial charge in [-0.3, -0.25) is 4.79 Å². The van der Waals surface area contributed by atoms with E-state index in [1.54, 1.807) is 24.3 Å². The average Bonchev–Trinajstić information content (AvgIpc) is 2.53. The van der Waals surface area contributed by atoms with Crippen molar-refractivity contribution in [1.82, 2.24) is 0 Å². The minimum Gasteiger partial charge on any atom is -0.390 e. The number of ketones is 1. The highest BCUT2D eigenvalue weighted by molar-refractivity contribution is 7.16. The molecule has 0 unspecified atom stereocenters. The molecule has 0 saturated heterocycles. The zero-order chi connectivity index (χ0) is 12.6. The van der Waals surface area contributed by atoms with Gasteiger partial charge in [0.2, 0.25) is 0 Å². The summed E-state index contributed by atoms with van der Waals surface area (Å²) in [5, 5.41) is 1.02. The van der Waals surface area contributed by atoms with Gasteiger partial charge in [-0.2, -0.15) is 0 Å². The minimum atomic E-state index is -0.102. The third kappa shape index (κ3) is 2.08. The van der Waals surface area contributed by atoms with Gasteiger partial charge in [-0.1, -0.05) is 23.7 Å². The van der Waals surface area contributed by atoms with E-state index in [1.807, 2.05) is 13.8 Å². The fourth-order valence-corrected chi connectivity index (χ4v) is 2.87. The molecule has 0 fully saturated rings. The third-order valence-corrected chi connectivity index (χ3v) is 4.12. The third-order valence-electron chi connectivity index (χ3n) is 2.76. The molecule has 0 aliphatic heterocycles. The van der Waals surface area contributed by atoms with Crippen LogP contribution in [0.15, 0.2) is 24.3 Å². The lowest BCUT2D eigenvalue weighted by molar-refractivity contribution is 0.103. The molecule has 2 rings (SSSR count). The van der Waals surface area contributed by atoms with Gasteiger partial charge in [-0.05, 0) is 31.5 Å². The molecule has 0 aliphatic carbocycles. The second kappa shape index (κ2) is 4.51. The summed E-state index contributed by atoms with van der Waals surface area (Å²) in [6, 6.07) is 7.02. The first-order chi connectivity index (χ1) is 8.02. The molecule has 0 bridgehead atoms. The number of carbonyl (C=O) groups is 1. The van der Waals surface area contributed by atoms with Crippen LogP contribution in [0.25, 0.3) is 0 Å². The Morgan fingerprint density at radius 1 is 1.29 bits per heavy atom. The molecule has 0 aliphatic rings. The Labute approximate surface area is 109 Å². The number of thiophene rings is 1. The topological polar surface area (TPSA) is 43.1 Å². The van der Waals surface area contributed by atoms with Crippen molar-refractivity contribution in [2.45, 2.75) is 13.8 Å². The molecular formula is C13H12ClNOS. The number of benzene rings is 1. The molecule has 0 amide bonds. The van der Waals surface area contributed by atoms with Crippen LogP contribution >= 0.6 is 22.9 Å². The van der Waals surface area contributed by atoms with Gasteiger partial charge in [-0.15, -0.1) is 11.3 Å². The Hall–Kier alpha value is -1.32. The van der Waals surface area contributed by atoms with E-state index >= 15 is 0 Å². The van der Waals surface area contributed by atoms with E-state index in [4.69, 9.17) is 17.3 Å². The Kier molecular flexibility index (Phi) is 3.22. The molecule has 0 spiro atoms. The van der Waals surface area contributed by atoms with Gasteiger partial charge < -0.3 is 5.73 Å². The van der Waals surface area contributed by atoms with Crippen molar-refractivity contribution < 1.29 is 4.79 Å². The van der Waals surface area contributed by atoms with Crippen molar-refractivity contribution in [1.29, 1.82) is 0 Å². The number of rotatable bonds is 2. The van der Waals surface area contributed by atoms with Crippen molar-refractivity contribution in [3.63, 3.8) is 0 Å². The van der Waals surface area contributed by atoms with Crippen molar-refractivity contribution >= 4 is 33.7 Å². The molecule has 0 radical (unpaired) electrons. The van der Waals surface area contributed by atoms with E-state index in [1.165, 1.54) is 11.3 Å². The first-order valence-electron chi connectivity index (χ1n) is 5.17. The van der Waals surface area contributed by atoms with Crippen molar-refractivity contribution in [3.05, 3.63) is 50.9 Å². The lowest BCUT2D eigenvalue weighted by Crippen LogP contribution is -2.05. The van der Waals surface area contributed by atoms with E-state index in [0.717, 1.165) is 10.4 Å². The van der Waals surface area contributed by atoms with Gasteiger partial charge in [0.15, 0.2) is 5.78 Å². The van der Waals surface area contributed by atoms with Gasteiger partial charge in [0.05, 0.1) is 15.6 Å². The van der Waals surface area contributed by atoms with Crippen LogP contribution in [-0.2, 0) is 0 Å². The fraction of sp³-hybridized carbons (Fsp3) is 0.154. The summed E-state index contributed by atoms with van der Waals surface area (Å²) in [5.41, 5.74) is 7.91. The van der Waals surface area contributed by atoms with E-state index in [-0.39, 0.29) is 5.78 Å². The van der Waals surface area contributed by atoms with Crippen molar-refractivity contribution in [3.8, 4) is 0 Å². The molecule has 88 valence electrons. The smallest absolute Gasteiger partial charge is 0.197 e. The number of halogens is 1. The standard InChI is InChI=1S/C13H12ClNOS/c1-7-8(2)17-13(15)11(7)12(16)9-5-3-4-6-10(9)14/h3-6H,15H2,1-2H3. The molecular weight excluding hydrogens is 254 g/mol.